The fraction of sp³-hybridized carbons (Fsp3) is 0.923. The summed E-state index contributed by atoms with van der Waals surface area (Å²) >= 11 is 0. The van der Waals surface area contributed by atoms with E-state index in [1.165, 1.54) is 0 Å². The fourth-order valence-corrected chi connectivity index (χ4v) is 2.49. The molecule has 0 aromatic rings. The van der Waals surface area contributed by atoms with Gasteiger partial charge >= 0.3 is 0 Å². The van der Waals surface area contributed by atoms with E-state index >= 15 is 0 Å². The lowest BCUT2D eigenvalue weighted by molar-refractivity contribution is -0.129. The van der Waals surface area contributed by atoms with E-state index in [-0.39, 0.29) is 5.41 Å². The van der Waals surface area contributed by atoms with E-state index in [4.69, 9.17) is 0 Å². The van der Waals surface area contributed by atoms with Gasteiger partial charge in [0.1, 0.15) is 5.78 Å². The van der Waals surface area contributed by atoms with E-state index in [2.05, 4.69) is 26.1 Å². The Morgan fingerprint density at radius 2 is 2.20 bits per heavy atom. The Hall–Kier alpha value is -0.370. The second kappa shape index (κ2) is 5.64. The maximum Gasteiger partial charge on any atom is 0.140 e. The van der Waals surface area contributed by atoms with Crippen molar-refractivity contribution in [3.63, 3.8) is 0 Å². The van der Waals surface area contributed by atoms with Gasteiger partial charge in [-0.25, -0.2) is 0 Å². The van der Waals surface area contributed by atoms with Crippen molar-refractivity contribution in [3.8, 4) is 0 Å². The summed E-state index contributed by atoms with van der Waals surface area (Å²) in [5, 5.41) is 3.35. The molecule has 1 aliphatic rings. The molecule has 1 fully saturated rings. The average molecular weight is 211 g/mol. The average Bonchev–Trinajstić information content (AvgIpc) is 2.68. The molecule has 1 aliphatic heterocycles. The number of hydrogen-bond donors (Lipinski definition) is 1. The third-order valence-electron chi connectivity index (χ3n) is 3.79. The minimum absolute atomic E-state index is 0.0157. The van der Waals surface area contributed by atoms with Crippen molar-refractivity contribution in [2.45, 2.75) is 52.9 Å². The van der Waals surface area contributed by atoms with E-state index in [1.807, 2.05) is 0 Å². The maximum atomic E-state index is 12.3. The Morgan fingerprint density at radius 3 is 2.67 bits per heavy atom. The molecular weight excluding hydrogens is 186 g/mol. The summed E-state index contributed by atoms with van der Waals surface area (Å²) in [6.45, 7) is 8.45. The lowest BCUT2D eigenvalue weighted by Crippen LogP contribution is -2.34. The first kappa shape index (κ1) is 12.7. The molecule has 2 nitrogen and oxygen atoms in total. The SMILES string of the molecule is CCCC1(C(=O)CC(C)CC)CCNC1. The van der Waals surface area contributed by atoms with Crippen LogP contribution < -0.4 is 5.32 Å². The fourth-order valence-electron chi connectivity index (χ4n) is 2.49. The van der Waals surface area contributed by atoms with Crippen LogP contribution in [0.1, 0.15) is 52.9 Å². The van der Waals surface area contributed by atoms with Crippen LogP contribution in [0.4, 0.5) is 0 Å². The highest BCUT2D eigenvalue weighted by atomic mass is 16.1. The minimum Gasteiger partial charge on any atom is -0.316 e. The topological polar surface area (TPSA) is 29.1 Å². The van der Waals surface area contributed by atoms with Crippen LogP contribution in [-0.4, -0.2) is 18.9 Å². The molecule has 0 aromatic heterocycles. The highest BCUT2D eigenvalue weighted by molar-refractivity contribution is 5.85. The molecule has 2 unspecified atom stereocenters. The first-order valence-corrected chi connectivity index (χ1v) is 6.38. The molecule has 1 saturated heterocycles. The number of rotatable bonds is 6. The number of carbonyl (C=O) groups is 1. The molecular formula is C13H25NO. The van der Waals surface area contributed by atoms with Gasteiger partial charge in [0, 0.05) is 18.4 Å². The number of hydrogen-bond acceptors (Lipinski definition) is 2. The largest absolute Gasteiger partial charge is 0.316 e. The van der Waals surface area contributed by atoms with Crippen molar-refractivity contribution in [1.82, 2.24) is 5.32 Å². The molecule has 2 atom stereocenters. The molecule has 88 valence electrons. The lowest BCUT2D eigenvalue weighted by Gasteiger charge is -2.27. The number of Topliss-reactive ketones (excluding diaryl/α,β-unsaturated/α-hetero) is 1. The Labute approximate surface area is 93.8 Å². The summed E-state index contributed by atoms with van der Waals surface area (Å²) in [5.41, 5.74) is -0.0157. The zero-order valence-electron chi connectivity index (χ0n) is 10.4. The molecule has 0 radical (unpaired) electrons. The first-order valence-electron chi connectivity index (χ1n) is 6.38. The van der Waals surface area contributed by atoms with Gasteiger partial charge < -0.3 is 5.32 Å². The summed E-state index contributed by atoms with van der Waals surface area (Å²) in [7, 11) is 0. The minimum atomic E-state index is -0.0157. The van der Waals surface area contributed by atoms with Crippen LogP contribution in [0.25, 0.3) is 0 Å². The van der Waals surface area contributed by atoms with Gasteiger partial charge in [0.25, 0.3) is 0 Å². The van der Waals surface area contributed by atoms with Gasteiger partial charge in [-0.15, -0.1) is 0 Å². The molecule has 0 aliphatic carbocycles. The number of carbonyl (C=O) groups excluding carboxylic acids is 1. The van der Waals surface area contributed by atoms with Gasteiger partial charge in [-0.2, -0.15) is 0 Å². The third-order valence-corrected chi connectivity index (χ3v) is 3.79. The van der Waals surface area contributed by atoms with Crippen molar-refractivity contribution in [2.24, 2.45) is 11.3 Å². The summed E-state index contributed by atoms with van der Waals surface area (Å²) in [6.07, 6.45) is 5.12. The molecule has 1 rings (SSSR count). The molecule has 0 aromatic carbocycles. The first-order chi connectivity index (χ1) is 7.14. The second-order valence-corrected chi connectivity index (χ2v) is 5.10. The van der Waals surface area contributed by atoms with Crippen LogP contribution in [0, 0.1) is 11.3 Å². The maximum absolute atomic E-state index is 12.3. The van der Waals surface area contributed by atoms with Crippen molar-refractivity contribution in [2.75, 3.05) is 13.1 Å². The van der Waals surface area contributed by atoms with Gasteiger partial charge in [0.05, 0.1) is 0 Å². The third kappa shape index (κ3) is 3.04. The summed E-state index contributed by atoms with van der Waals surface area (Å²) in [4.78, 5) is 12.3. The molecule has 0 saturated carbocycles. The van der Waals surface area contributed by atoms with Crippen LogP contribution in [0.15, 0.2) is 0 Å². The lowest BCUT2D eigenvalue weighted by atomic mass is 9.75. The standard InChI is InChI=1S/C13H25NO/c1-4-6-13(7-8-14-10-13)12(15)9-11(3)5-2/h11,14H,4-10H2,1-3H3. The van der Waals surface area contributed by atoms with E-state index in [1.54, 1.807) is 0 Å². The Morgan fingerprint density at radius 1 is 1.47 bits per heavy atom. The normalized spacial score (nSPS) is 27.9. The highest BCUT2D eigenvalue weighted by Crippen LogP contribution is 2.34. The number of ketones is 1. The molecule has 1 N–H and O–H groups in total. The predicted molar refractivity (Wildman–Crippen MR) is 63.9 cm³/mol. The smallest absolute Gasteiger partial charge is 0.140 e. The molecule has 1 heterocycles. The van der Waals surface area contributed by atoms with Gasteiger partial charge in [0.2, 0.25) is 0 Å². The van der Waals surface area contributed by atoms with Crippen molar-refractivity contribution in [1.29, 1.82) is 0 Å². The van der Waals surface area contributed by atoms with Crippen LogP contribution in [0.2, 0.25) is 0 Å². The van der Waals surface area contributed by atoms with Crippen molar-refractivity contribution in [3.05, 3.63) is 0 Å². The molecule has 15 heavy (non-hydrogen) atoms. The Bertz CT molecular complexity index is 207. The van der Waals surface area contributed by atoms with Crippen LogP contribution >= 0.6 is 0 Å². The van der Waals surface area contributed by atoms with E-state index in [9.17, 15) is 4.79 Å². The summed E-state index contributed by atoms with van der Waals surface area (Å²) in [6, 6.07) is 0. The number of nitrogens with one attached hydrogen (secondary N) is 1. The van der Waals surface area contributed by atoms with Gasteiger partial charge in [-0.05, 0) is 25.3 Å². The monoisotopic (exact) mass is 211 g/mol. The van der Waals surface area contributed by atoms with E-state index in [0.29, 0.717) is 11.7 Å². The Kier molecular flexibility index (Phi) is 4.78. The molecule has 0 amide bonds. The van der Waals surface area contributed by atoms with Gasteiger partial charge in [0.15, 0.2) is 0 Å². The predicted octanol–water partition coefficient (Wildman–Crippen LogP) is 2.77. The Balaban J connectivity index is 2.59. The van der Waals surface area contributed by atoms with Crippen molar-refractivity contribution >= 4 is 5.78 Å². The van der Waals surface area contributed by atoms with E-state index in [0.717, 1.165) is 45.2 Å². The molecule has 2 heteroatoms. The summed E-state index contributed by atoms with van der Waals surface area (Å²) in [5.74, 6) is 1.05. The molecule has 0 spiro atoms. The molecule has 0 bridgehead atoms. The zero-order valence-corrected chi connectivity index (χ0v) is 10.4. The van der Waals surface area contributed by atoms with E-state index < -0.39 is 0 Å². The van der Waals surface area contributed by atoms with Crippen LogP contribution in [0.5, 0.6) is 0 Å². The van der Waals surface area contributed by atoms with Gasteiger partial charge in [-0.3, -0.25) is 4.79 Å². The van der Waals surface area contributed by atoms with Gasteiger partial charge in [-0.1, -0.05) is 33.6 Å². The van der Waals surface area contributed by atoms with Crippen LogP contribution in [0.3, 0.4) is 0 Å². The van der Waals surface area contributed by atoms with Crippen LogP contribution in [-0.2, 0) is 4.79 Å². The quantitative estimate of drug-likeness (QED) is 0.732. The summed E-state index contributed by atoms with van der Waals surface area (Å²) < 4.78 is 0. The highest BCUT2D eigenvalue weighted by Gasteiger charge is 2.39. The second-order valence-electron chi connectivity index (χ2n) is 5.10. The zero-order chi connectivity index (χ0) is 11.3. The van der Waals surface area contributed by atoms with Crippen molar-refractivity contribution < 1.29 is 4.79 Å².